The molecule has 2 heterocycles. The zero-order valence-electron chi connectivity index (χ0n) is 27.1. The highest BCUT2D eigenvalue weighted by molar-refractivity contribution is 5.99. The first-order valence-corrected chi connectivity index (χ1v) is 14.8. The molecule has 4 rings (SSSR count). The van der Waals surface area contributed by atoms with Gasteiger partial charge in [-0.25, -0.2) is 9.78 Å². The van der Waals surface area contributed by atoms with Crippen LogP contribution in [0.25, 0.3) is 0 Å². The first-order chi connectivity index (χ1) is 22.6. The van der Waals surface area contributed by atoms with E-state index in [2.05, 4.69) is 32.5 Å². The summed E-state index contributed by atoms with van der Waals surface area (Å²) in [5, 5.41) is 18.7. The second kappa shape index (κ2) is 14.8. The number of aliphatic hydroxyl groups is 1. The van der Waals surface area contributed by atoms with E-state index in [1.807, 2.05) is 4.90 Å². The van der Waals surface area contributed by atoms with E-state index in [9.17, 15) is 27.9 Å². The summed E-state index contributed by atoms with van der Waals surface area (Å²) in [4.78, 5) is 35.9. The lowest BCUT2D eigenvalue weighted by molar-refractivity contribution is -0.137. The second-order valence-corrected chi connectivity index (χ2v) is 11.7. The average molecular weight is 674 g/mol. The number of rotatable bonds is 10. The third-order valence-electron chi connectivity index (χ3n) is 7.09. The molecule has 0 spiro atoms. The molecule has 1 saturated heterocycles. The Kier molecular flexibility index (Phi) is 11.0. The van der Waals surface area contributed by atoms with Crippen LogP contribution in [0.15, 0.2) is 61.3 Å². The molecule has 2 aromatic carbocycles. The predicted molar refractivity (Wildman–Crippen MR) is 174 cm³/mol. The molecule has 2 atom stereocenters. The smallest absolute Gasteiger partial charge is 0.421 e. The van der Waals surface area contributed by atoms with Gasteiger partial charge in [-0.2, -0.15) is 18.2 Å². The van der Waals surface area contributed by atoms with Gasteiger partial charge in [-0.3, -0.25) is 9.69 Å². The number of aliphatic hydroxyl groups excluding tert-OH is 1. The van der Waals surface area contributed by atoms with Crippen LogP contribution in [-0.2, 0) is 20.4 Å². The zero-order valence-corrected chi connectivity index (χ0v) is 27.1. The summed E-state index contributed by atoms with van der Waals surface area (Å²) in [5.74, 6) is -0.822. The normalized spacial score (nSPS) is 15.7. The maximum atomic E-state index is 13.9. The minimum Gasteiger partial charge on any atom is -0.494 e. The van der Waals surface area contributed by atoms with E-state index >= 15 is 0 Å². The quantitative estimate of drug-likeness (QED) is 0.159. The topological polar surface area (TPSA) is 150 Å². The molecule has 0 bridgehead atoms. The maximum absolute atomic E-state index is 13.9. The first-order valence-electron chi connectivity index (χ1n) is 14.8. The molecule has 0 radical (unpaired) electrons. The number of hydrogen-bond donors (Lipinski definition) is 4. The van der Waals surface area contributed by atoms with Gasteiger partial charge in [0.2, 0.25) is 11.9 Å². The number of amides is 2. The van der Waals surface area contributed by atoms with Crippen molar-refractivity contribution in [1.82, 2.24) is 14.9 Å². The number of carbonyl (C=O) groups excluding carboxylic acids is 2. The third-order valence-corrected chi connectivity index (χ3v) is 7.09. The van der Waals surface area contributed by atoms with Crippen molar-refractivity contribution >= 4 is 46.5 Å². The van der Waals surface area contributed by atoms with Gasteiger partial charge in [0.15, 0.2) is 6.29 Å². The summed E-state index contributed by atoms with van der Waals surface area (Å²) >= 11 is 0. The molecule has 0 aliphatic carbocycles. The zero-order chi connectivity index (χ0) is 35.2. The Hall–Kier alpha value is -5.09. The monoisotopic (exact) mass is 673 g/mol. The number of hydrogen-bond acceptors (Lipinski definition) is 11. The number of carbonyl (C=O) groups is 2. The Balaban J connectivity index is 1.57. The van der Waals surface area contributed by atoms with Gasteiger partial charge in [-0.05, 0) is 57.2 Å². The summed E-state index contributed by atoms with van der Waals surface area (Å²) in [6.07, 6.45) is -4.89. The third kappa shape index (κ3) is 9.04. The molecular weight excluding hydrogens is 635 g/mol. The number of nitrogens with one attached hydrogen (secondary N) is 3. The van der Waals surface area contributed by atoms with Gasteiger partial charge >= 0.3 is 12.3 Å². The molecule has 1 aliphatic heterocycles. The molecule has 13 nitrogen and oxygen atoms in total. The van der Waals surface area contributed by atoms with Crippen LogP contribution < -0.4 is 25.6 Å². The summed E-state index contributed by atoms with van der Waals surface area (Å²) in [7, 11) is 2.77. The Morgan fingerprint density at radius 3 is 2.46 bits per heavy atom. The molecule has 4 N–H and O–H groups in total. The Bertz CT molecular complexity index is 1630. The van der Waals surface area contributed by atoms with Crippen LogP contribution in [0.5, 0.6) is 5.75 Å². The number of anilines is 6. The maximum Gasteiger partial charge on any atom is 0.421 e. The van der Waals surface area contributed by atoms with Crippen molar-refractivity contribution in [3.05, 3.63) is 66.9 Å². The molecule has 0 saturated carbocycles. The molecule has 16 heteroatoms. The van der Waals surface area contributed by atoms with E-state index < -0.39 is 47.5 Å². The number of piperazine rings is 1. The molecule has 1 aliphatic rings. The summed E-state index contributed by atoms with van der Waals surface area (Å²) in [6, 6.07) is 10.4. The van der Waals surface area contributed by atoms with Crippen molar-refractivity contribution < 1.29 is 42.1 Å². The standard InChI is InChI=1S/C32H38F3N7O6/c1-7-26(43)37-19-9-8-10-20(15-19)38-27-22(32(33,34)35)17-36-29(40-27)39-23-12-11-21(16-25(23)46-5)41-13-14-42(24(18-41)28(44)47-6)30(45)48-31(2,3)4/h7-12,15-17,24,28,44H,1,13-14,18H2,2-6H3,(H,37,43)(H2,36,38,39,40)/t24-,28?/m0/s1. The van der Waals surface area contributed by atoms with Crippen LogP contribution in [0.3, 0.4) is 0 Å². The van der Waals surface area contributed by atoms with E-state index in [0.29, 0.717) is 35.6 Å². The second-order valence-electron chi connectivity index (χ2n) is 11.7. The number of ether oxygens (including phenoxy) is 3. The lowest BCUT2D eigenvalue weighted by Crippen LogP contribution is -2.60. The number of benzene rings is 2. The number of nitrogens with zero attached hydrogens (tertiary/aromatic N) is 4. The number of halogens is 3. The Labute approximate surface area is 275 Å². The lowest BCUT2D eigenvalue weighted by atomic mass is 10.1. The number of alkyl halides is 3. The van der Waals surface area contributed by atoms with Crippen molar-refractivity contribution in [3.8, 4) is 5.75 Å². The minimum absolute atomic E-state index is 0.151. The summed E-state index contributed by atoms with van der Waals surface area (Å²) in [6.45, 7) is 9.49. The Morgan fingerprint density at radius 1 is 1.08 bits per heavy atom. The van der Waals surface area contributed by atoms with Crippen LogP contribution in [-0.4, -0.2) is 83.8 Å². The van der Waals surface area contributed by atoms with Gasteiger partial charge in [0.05, 0.1) is 12.8 Å². The van der Waals surface area contributed by atoms with Crippen LogP contribution in [0.1, 0.15) is 26.3 Å². The molecule has 3 aromatic rings. The van der Waals surface area contributed by atoms with Gasteiger partial charge < -0.3 is 40.2 Å². The highest BCUT2D eigenvalue weighted by Crippen LogP contribution is 2.37. The summed E-state index contributed by atoms with van der Waals surface area (Å²) < 4.78 is 58.0. The first kappa shape index (κ1) is 35.8. The van der Waals surface area contributed by atoms with Gasteiger partial charge in [0, 0.05) is 56.1 Å². The molecule has 1 unspecified atom stereocenters. The molecular formula is C32H38F3N7O6. The Morgan fingerprint density at radius 2 is 1.81 bits per heavy atom. The lowest BCUT2D eigenvalue weighted by Gasteiger charge is -2.43. The van der Waals surface area contributed by atoms with Crippen LogP contribution >= 0.6 is 0 Å². The van der Waals surface area contributed by atoms with Crippen LogP contribution in [0.2, 0.25) is 0 Å². The van der Waals surface area contributed by atoms with E-state index in [1.54, 1.807) is 51.1 Å². The largest absolute Gasteiger partial charge is 0.494 e. The average Bonchev–Trinajstić information content (AvgIpc) is 3.03. The van der Waals surface area contributed by atoms with Crippen molar-refractivity contribution in [3.63, 3.8) is 0 Å². The molecule has 1 aromatic heterocycles. The fourth-order valence-electron chi connectivity index (χ4n) is 4.84. The highest BCUT2D eigenvalue weighted by atomic mass is 19.4. The molecule has 1 fully saturated rings. The molecule has 48 heavy (non-hydrogen) atoms. The van der Waals surface area contributed by atoms with E-state index in [1.165, 1.54) is 31.3 Å². The van der Waals surface area contributed by atoms with Gasteiger partial charge in [-0.1, -0.05) is 12.6 Å². The van der Waals surface area contributed by atoms with Crippen molar-refractivity contribution in [1.29, 1.82) is 0 Å². The van der Waals surface area contributed by atoms with Gasteiger partial charge in [0.25, 0.3) is 0 Å². The van der Waals surface area contributed by atoms with Crippen LogP contribution in [0.4, 0.5) is 52.5 Å². The van der Waals surface area contributed by atoms with Crippen molar-refractivity contribution in [2.75, 3.05) is 54.7 Å². The SMILES string of the molecule is C=CC(=O)Nc1cccc(Nc2nc(Nc3ccc(N4CCN(C(=O)OC(C)(C)C)[C@H](C(O)OC)C4)cc3OC)ncc2C(F)(F)F)c1. The molecule has 2 amide bonds. The van der Waals surface area contributed by atoms with Crippen LogP contribution in [0, 0.1) is 0 Å². The fourth-order valence-corrected chi connectivity index (χ4v) is 4.84. The van der Waals surface area contributed by atoms with E-state index in [4.69, 9.17) is 14.2 Å². The van der Waals surface area contributed by atoms with E-state index in [-0.39, 0.29) is 24.7 Å². The van der Waals surface area contributed by atoms with Crippen molar-refractivity contribution in [2.24, 2.45) is 0 Å². The summed E-state index contributed by atoms with van der Waals surface area (Å²) in [5.41, 5.74) is -0.205. The fraction of sp³-hybridized carbons (Fsp3) is 0.375. The van der Waals surface area contributed by atoms with Gasteiger partial charge in [-0.15, -0.1) is 0 Å². The number of aromatic nitrogens is 2. The minimum atomic E-state index is -4.77. The van der Waals surface area contributed by atoms with Gasteiger partial charge in [0.1, 0.15) is 28.8 Å². The molecule has 258 valence electrons. The number of methoxy groups -OCH3 is 2. The predicted octanol–water partition coefficient (Wildman–Crippen LogP) is 5.51. The van der Waals surface area contributed by atoms with Crippen molar-refractivity contribution in [2.45, 2.75) is 44.9 Å². The highest BCUT2D eigenvalue weighted by Gasteiger charge is 2.38. The van der Waals surface area contributed by atoms with E-state index in [0.717, 1.165) is 6.08 Å².